The van der Waals surface area contributed by atoms with Gasteiger partial charge in [0.2, 0.25) is 5.89 Å². The van der Waals surface area contributed by atoms with Crippen LogP contribution in [0.15, 0.2) is 4.52 Å². The van der Waals surface area contributed by atoms with Crippen molar-refractivity contribution >= 4 is 5.95 Å². The number of anilines is 1. The van der Waals surface area contributed by atoms with Gasteiger partial charge in [-0.2, -0.15) is 4.98 Å². The minimum atomic E-state index is 0.0748. The average molecular weight is 253 g/mol. The molecule has 1 aromatic rings. The Labute approximate surface area is 108 Å². The van der Waals surface area contributed by atoms with Crippen LogP contribution >= 0.6 is 0 Å². The Morgan fingerprint density at radius 2 is 2.00 bits per heavy atom. The third-order valence-corrected chi connectivity index (χ3v) is 3.72. The van der Waals surface area contributed by atoms with Crippen LogP contribution in [0.3, 0.4) is 0 Å². The molecule has 6 nitrogen and oxygen atoms in total. The molecule has 1 aromatic heterocycles. The summed E-state index contributed by atoms with van der Waals surface area (Å²) in [6.45, 7) is 8.07. The van der Waals surface area contributed by atoms with Gasteiger partial charge < -0.3 is 20.1 Å². The maximum atomic E-state index is 6.01. The number of hydrogen-bond acceptors (Lipinski definition) is 6. The van der Waals surface area contributed by atoms with Gasteiger partial charge in [0.25, 0.3) is 5.95 Å². The first-order valence-electron chi connectivity index (χ1n) is 6.64. The fourth-order valence-corrected chi connectivity index (χ4v) is 2.08. The van der Waals surface area contributed by atoms with Gasteiger partial charge in [-0.25, -0.2) is 0 Å². The minimum Gasteiger partial charge on any atom is -0.337 e. The lowest BCUT2D eigenvalue weighted by molar-refractivity contribution is 0.307. The van der Waals surface area contributed by atoms with E-state index in [0.29, 0.717) is 11.8 Å². The van der Waals surface area contributed by atoms with Crippen molar-refractivity contribution in [2.45, 2.75) is 32.2 Å². The van der Waals surface area contributed by atoms with Crippen LogP contribution in [0.25, 0.3) is 0 Å². The van der Waals surface area contributed by atoms with Gasteiger partial charge in [0.1, 0.15) is 0 Å². The molecule has 0 aromatic carbocycles. The largest absolute Gasteiger partial charge is 0.337 e. The summed E-state index contributed by atoms with van der Waals surface area (Å²) in [5.74, 6) is 1.47. The summed E-state index contributed by atoms with van der Waals surface area (Å²) >= 11 is 0. The molecule has 18 heavy (non-hydrogen) atoms. The SMILES string of the molecule is CCC(N)C(C)c1nc(N2CCN(C)CC2)no1. The number of likely N-dealkylation sites (N-methyl/N-ethyl adjacent to an activating group) is 1. The lowest BCUT2D eigenvalue weighted by Gasteiger charge is -2.31. The molecular weight excluding hydrogens is 230 g/mol. The second kappa shape index (κ2) is 5.67. The molecule has 2 atom stereocenters. The normalized spacial score (nSPS) is 21.0. The van der Waals surface area contributed by atoms with Crippen LogP contribution in [0.5, 0.6) is 0 Å². The molecule has 2 heterocycles. The maximum Gasteiger partial charge on any atom is 0.266 e. The van der Waals surface area contributed by atoms with E-state index in [1.54, 1.807) is 0 Å². The van der Waals surface area contributed by atoms with Crippen LogP contribution in [-0.2, 0) is 0 Å². The third-order valence-electron chi connectivity index (χ3n) is 3.72. The molecule has 0 bridgehead atoms. The first kappa shape index (κ1) is 13.3. The predicted octanol–water partition coefficient (Wildman–Crippen LogP) is 0.662. The molecule has 1 saturated heterocycles. The zero-order valence-electron chi connectivity index (χ0n) is 11.5. The van der Waals surface area contributed by atoms with Crippen molar-refractivity contribution in [3.8, 4) is 0 Å². The molecule has 1 aliphatic rings. The first-order valence-corrected chi connectivity index (χ1v) is 6.64. The van der Waals surface area contributed by atoms with Crippen LogP contribution in [0.4, 0.5) is 5.95 Å². The molecular formula is C12H23N5O. The number of piperazine rings is 1. The van der Waals surface area contributed by atoms with Gasteiger partial charge in [0.15, 0.2) is 0 Å². The third kappa shape index (κ3) is 2.81. The molecule has 1 fully saturated rings. The number of nitrogens with two attached hydrogens (primary N) is 1. The molecule has 0 spiro atoms. The van der Waals surface area contributed by atoms with Crippen molar-refractivity contribution in [3.63, 3.8) is 0 Å². The zero-order chi connectivity index (χ0) is 13.1. The minimum absolute atomic E-state index is 0.0748. The molecule has 102 valence electrons. The molecule has 2 unspecified atom stereocenters. The topological polar surface area (TPSA) is 71.4 Å². The summed E-state index contributed by atoms with van der Waals surface area (Å²) in [6.07, 6.45) is 0.910. The van der Waals surface area contributed by atoms with E-state index in [-0.39, 0.29) is 12.0 Å². The second-order valence-electron chi connectivity index (χ2n) is 5.08. The van der Waals surface area contributed by atoms with E-state index in [1.165, 1.54) is 0 Å². The van der Waals surface area contributed by atoms with Crippen molar-refractivity contribution in [3.05, 3.63) is 5.89 Å². The molecule has 0 amide bonds. The summed E-state index contributed by atoms with van der Waals surface area (Å²) in [5, 5.41) is 4.07. The highest BCUT2D eigenvalue weighted by atomic mass is 16.5. The summed E-state index contributed by atoms with van der Waals surface area (Å²) in [7, 11) is 2.13. The molecule has 2 rings (SSSR count). The fourth-order valence-electron chi connectivity index (χ4n) is 2.08. The molecule has 6 heteroatoms. The highest BCUT2D eigenvalue weighted by molar-refractivity contribution is 5.29. The van der Waals surface area contributed by atoms with Crippen LogP contribution in [0.1, 0.15) is 32.1 Å². The van der Waals surface area contributed by atoms with Gasteiger partial charge >= 0.3 is 0 Å². The predicted molar refractivity (Wildman–Crippen MR) is 70.7 cm³/mol. The van der Waals surface area contributed by atoms with E-state index in [1.807, 2.05) is 6.92 Å². The van der Waals surface area contributed by atoms with Crippen LogP contribution < -0.4 is 10.6 Å². The zero-order valence-corrected chi connectivity index (χ0v) is 11.5. The first-order chi connectivity index (χ1) is 8.61. The van der Waals surface area contributed by atoms with Crippen LogP contribution in [-0.4, -0.2) is 54.3 Å². The summed E-state index contributed by atoms with van der Waals surface area (Å²) in [6, 6.07) is 0.0748. The molecule has 0 aliphatic carbocycles. The van der Waals surface area contributed by atoms with Gasteiger partial charge in [-0.05, 0) is 18.6 Å². The lowest BCUT2D eigenvalue weighted by Crippen LogP contribution is -2.44. The van der Waals surface area contributed by atoms with E-state index in [4.69, 9.17) is 10.3 Å². The Hall–Kier alpha value is -1.14. The van der Waals surface area contributed by atoms with Gasteiger partial charge in [0.05, 0.1) is 5.92 Å². The standard InChI is InChI=1S/C12H23N5O/c1-4-10(13)9(2)11-14-12(15-18-11)17-7-5-16(3)6-8-17/h9-10H,4-8,13H2,1-3H3. The van der Waals surface area contributed by atoms with E-state index in [9.17, 15) is 0 Å². The average Bonchev–Trinajstić information content (AvgIpc) is 2.87. The fraction of sp³-hybridized carbons (Fsp3) is 0.833. The van der Waals surface area contributed by atoms with Gasteiger partial charge in [-0.1, -0.05) is 13.8 Å². The Balaban J connectivity index is 2.01. The quantitative estimate of drug-likeness (QED) is 0.850. The Bertz CT molecular complexity index is 372. The van der Waals surface area contributed by atoms with Crippen molar-refractivity contribution < 1.29 is 4.52 Å². The number of aromatic nitrogens is 2. The van der Waals surface area contributed by atoms with Crippen LogP contribution in [0.2, 0.25) is 0 Å². The lowest BCUT2D eigenvalue weighted by atomic mass is 10.0. The van der Waals surface area contributed by atoms with Crippen molar-refractivity contribution in [2.75, 3.05) is 38.1 Å². The summed E-state index contributed by atoms with van der Waals surface area (Å²) < 4.78 is 5.33. The monoisotopic (exact) mass is 253 g/mol. The van der Waals surface area contributed by atoms with E-state index < -0.39 is 0 Å². The maximum absolute atomic E-state index is 6.01. The summed E-state index contributed by atoms with van der Waals surface area (Å²) in [5.41, 5.74) is 6.01. The number of nitrogens with zero attached hydrogens (tertiary/aromatic N) is 4. The summed E-state index contributed by atoms with van der Waals surface area (Å²) in [4.78, 5) is 8.94. The molecule has 1 aliphatic heterocycles. The molecule has 0 saturated carbocycles. The molecule has 2 N–H and O–H groups in total. The Morgan fingerprint density at radius 3 is 2.61 bits per heavy atom. The Morgan fingerprint density at radius 1 is 1.33 bits per heavy atom. The van der Waals surface area contributed by atoms with Gasteiger partial charge in [-0.3, -0.25) is 0 Å². The highest BCUT2D eigenvalue weighted by Gasteiger charge is 2.23. The van der Waals surface area contributed by atoms with E-state index in [2.05, 4.69) is 33.9 Å². The Kier molecular flexibility index (Phi) is 4.19. The smallest absolute Gasteiger partial charge is 0.266 e. The van der Waals surface area contributed by atoms with Crippen LogP contribution in [0, 0.1) is 0 Å². The second-order valence-corrected chi connectivity index (χ2v) is 5.08. The molecule has 0 radical (unpaired) electrons. The van der Waals surface area contributed by atoms with Crippen molar-refractivity contribution in [2.24, 2.45) is 5.73 Å². The number of rotatable bonds is 4. The van der Waals surface area contributed by atoms with Gasteiger partial charge in [0, 0.05) is 32.2 Å². The van der Waals surface area contributed by atoms with E-state index in [0.717, 1.165) is 32.6 Å². The van der Waals surface area contributed by atoms with Crippen molar-refractivity contribution in [1.82, 2.24) is 15.0 Å². The van der Waals surface area contributed by atoms with Gasteiger partial charge in [-0.15, -0.1) is 0 Å². The number of hydrogen-bond donors (Lipinski definition) is 1. The van der Waals surface area contributed by atoms with E-state index >= 15 is 0 Å². The highest BCUT2D eigenvalue weighted by Crippen LogP contribution is 2.21. The van der Waals surface area contributed by atoms with Crippen molar-refractivity contribution in [1.29, 1.82) is 0 Å².